The van der Waals surface area contributed by atoms with Crippen molar-refractivity contribution in [3.05, 3.63) is 40.8 Å². The summed E-state index contributed by atoms with van der Waals surface area (Å²) in [5, 5.41) is 3.17. The summed E-state index contributed by atoms with van der Waals surface area (Å²) in [5.41, 5.74) is 1.62. The van der Waals surface area contributed by atoms with Gasteiger partial charge >= 0.3 is 0 Å². The first-order valence-electron chi connectivity index (χ1n) is 4.67. The van der Waals surface area contributed by atoms with Crippen molar-refractivity contribution in [2.75, 3.05) is 0 Å². The third kappa shape index (κ3) is 2.49. The molecule has 2 atom stereocenters. The van der Waals surface area contributed by atoms with Crippen molar-refractivity contribution in [3.63, 3.8) is 0 Å². The molecule has 0 saturated heterocycles. The van der Waals surface area contributed by atoms with E-state index in [4.69, 9.17) is 0 Å². The maximum absolute atomic E-state index is 10.5. The van der Waals surface area contributed by atoms with E-state index in [9.17, 15) is 4.91 Å². The molecular weight excluding hydrogens is 178 g/mol. The van der Waals surface area contributed by atoms with Gasteiger partial charge in [0.25, 0.3) is 0 Å². The lowest BCUT2D eigenvalue weighted by molar-refractivity contribution is 0.625. The molecule has 0 spiro atoms. The fraction of sp³-hybridized carbons (Fsp3) is 0.400. The van der Waals surface area contributed by atoms with Gasteiger partial charge in [-0.15, -0.1) is 0 Å². The van der Waals surface area contributed by atoms with E-state index in [1.807, 2.05) is 25.1 Å². The lowest BCUT2D eigenvalue weighted by atomic mass is 10.0. The molecule has 0 aliphatic heterocycles. The third-order valence-corrected chi connectivity index (χ3v) is 3.89. The van der Waals surface area contributed by atoms with Crippen LogP contribution in [0.5, 0.6) is 0 Å². The molecule has 1 rings (SSSR count). The summed E-state index contributed by atoms with van der Waals surface area (Å²) in [5.74, 6) is 0. The highest BCUT2D eigenvalue weighted by Gasteiger charge is 2.16. The molecule has 0 saturated carbocycles. The van der Waals surface area contributed by atoms with Gasteiger partial charge in [0.1, 0.15) is 0 Å². The summed E-state index contributed by atoms with van der Waals surface area (Å²) < 4.78 is 0. The highest BCUT2D eigenvalue weighted by Crippen LogP contribution is 2.20. The van der Waals surface area contributed by atoms with Gasteiger partial charge < -0.3 is 0 Å². The normalized spacial score (nSPS) is 15.2. The monoisotopic (exact) mass is 193 g/mol. The van der Waals surface area contributed by atoms with E-state index in [0.717, 1.165) is 16.7 Å². The van der Waals surface area contributed by atoms with Crippen LogP contribution in [0.1, 0.15) is 24.4 Å². The van der Waals surface area contributed by atoms with Crippen molar-refractivity contribution >= 4 is 10.2 Å². The van der Waals surface area contributed by atoms with E-state index in [1.165, 1.54) is 5.56 Å². The Labute approximate surface area is 81.8 Å². The highest BCUT2D eigenvalue weighted by atomic mass is 28.1. The predicted octanol–water partition coefficient (Wildman–Crippen LogP) is 1.64. The number of hydrogen-bond donors (Lipinski definition) is 0. The van der Waals surface area contributed by atoms with E-state index >= 15 is 0 Å². The molecule has 70 valence electrons. The first-order chi connectivity index (χ1) is 6.29. The molecule has 1 aromatic carbocycles. The van der Waals surface area contributed by atoms with Crippen LogP contribution in [-0.2, 0) is 0 Å². The van der Waals surface area contributed by atoms with Crippen molar-refractivity contribution in [1.29, 1.82) is 0 Å². The van der Waals surface area contributed by atoms with Crippen LogP contribution in [0, 0.1) is 4.91 Å². The van der Waals surface area contributed by atoms with Gasteiger partial charge in [-0.05, 0) is 17.5 Å². The second-order valence-electron chi connectivity index (χ2n) is 3.28. The molecule has 2 nitrogen and oxygen atoms in total. The van der Waals surface area contributed by atoms with Gasteiger partial charge in [-0.3, -0.25) is 0 Å². The summed E-state index contributed by atoms with van der Waals surface area (Å²) >= 11 is 0. The summed E-state index contributed by atoms with van der Waals surface area (Å²) in [6, 6.07) is 10.1. The maximum atomic E-state index is 10.5. The van der Waals surface area contributed by atoms with E-state index < -0.39 is 0 Å². The Morgan fingerprint density at radius 2 is 2.00 bits per heavy atom. The quantitative estimate of drug-likeness (QED) is 0.528. The van der Waals surface area contributed by atoms with Crippen LogP contribution in [0.15, 0.2) is 35.5 Å². The second kappa shape index (κ2) is 4.92. The molecule has 0 radical (unpaired) electrons. The number of hydrogen-bond acceptors (Lipinski definition) is 2. The Balaban J connectivity index is 2.77. The second-order valence-corrected chi connectivity index (χ2v) is 4.52. The molecule has 1 aromatic rings. The summed E-state index contributed by atoms with van der Waals surface area (Å²) in [6.45, 7) is 2.01. The molecule has 3 heteroatoms. The predicted molar refractivity (Wildman–Crippen MR) is 59.0 cm³/mol. The Hall–Kier alpha value is -0.963. The maximum Gasteiger partial charge on any atom is 0.0952 e. The van der Waals surface area contributed by atoms with Crippen LogP contribution in [0.2, 0.25) is 0 Å². The molecule has 2 unspecified atom stereocenters. The zero-order valence-corrected chi connectivity index (χ0v) is 10.1. The van der Waals surface area contributed by atoms with Crippen molar-refractivity contribution in [2.24, 2.45) is 5.18 Å². The van der Waals surface area contributed by atoms with Crippen molar-refractivity contribution in [3.8, 4) is 0 Å². The molecule has 0 aromatic heterocycles. The van der Waals surface area contributed by atoms with Crippen LogP contribution in [-0.4, -0.2) is 16.3 Å². The molecule has 0 aliphatic carbocycles. The van der Waals surface area contributed by atoms with E-state index in [-0.39, 0.29) is 6.04 Å². The standard InChI is InChI=1S/C10H15NOSi/c1-2-9(11-12)10(13)8-6-4-3-5-7-8/h3-7,9-10H,2H2,1,13H3. The molecular formula is C10H15NOSi. The van der Waals surface area contributed by atoms with Crippen LogP contribution in [0.3, 0.4) is 0 Å². The first-order valence-corrected chi connectivity index (χ1v) is 5.82. The van der Waals surface area contributed by atoms with Gasteiger partial charge in [0.05, 0.1) is 6.04 Å². The largest absolute Gasteiger partial charge is 0.151 e. The fourth-order valence-electron chi connectivity index (χ4n) is 1.50. The average Bonchev–Trinajstić information content (AvgIpc) is 2.21. The van der Waals surface area contributed by atoms with Gasteiger partial charge in [0.15, 0.2) is 0 Å². The minimum atomic E-state index is -0.0333. The lowest BCUT2D eigenvalue weighted by Crippen LogP contribution is -2.15. The van der Waals surface area contributed by atoms with E-state index in [0.29, 0.717) is 5.54 Å². The SMILES string of the molecule is CCC(N=O)C([SiH3])c1ccccc1. The van der Waals surface area contributed by atoms with Gasteiger partial charge in [-0.1, -0.05) is 42.4 Å². The molecule has 0 amide bonds. The van der Waals surface area contributed by atoms with Crippen molar-refractivity contribution in [2.45, 2.75) is 24.9 Å². The van der Waals surface area contributed by atoms with Crippen LogP contribution in [0.25, 0.3) is 0 Å². The van der Waals surface area contributed by atoms with Gasteiger partial charge in [-0.2, -0.15) is 4.91 Å². The molecule has 0 N–H and O–H groups in total. The number of benzene rings is 1. The van der Waals surface area contributed by atoms with Crippen molar-refractivity contribution in [1.82, 2.24) is 0 Å². The highest BCUT2D eigenvalue weighted by molar-refractivity contribution is 6.13. The van der Waals surface area contributed by atoms with Crippen molar-refractivity contribution < 1.29 is 0 Å². The molecule has 13 heavy (non-hydrogen) atoms. The summed E-state index contributed by atoms with van der Waals surface area (Å²) in [7, 11) is 0.985. The van der Waals surface area contributed by atoms with Gasteiger partial charge in [-0.25, -0.2) is 0 Å². The summed E-state index contributed by atoms with van der Waals surface area (Å²) in [4.78, 5) is 10.5. The molecule has 0 bridgehead atoms. The van der Waals surface area contributed by atoms with E-state index in [2.05, 4.69) is 17.3 Å². The van der Waals surface area contributed by atoms with Crippen LogP contribution < -0.4 is 0 Å². The molecule has 0 fully saturated rings. The zero-order chi connectivity index (χ0) is 9.68. The van der Waals surface area contributed by atoms with Crippen LogP contribution in [0.4, 0.5) is 0 Å². The minimum Gasteiger partial charge on any atom is -0.151 e. The Morgan fingerprint density at radius 1 is 1.38 bits per heavy atom. The Morgan fingerprint density at radius 3 is 2.46 bits per heavy atom. The fourth-order valence-corrected chi connectivity index (χ4v) is 2.48. The summed E-state index contributed by atoms with van der Waals surface area (Å²) in [6.07, 6.45) is 0.840. The molecule has 0 aliphatic rings. The Kier molecular flexibility index (Phi) is 3.83. The van der Waals surface area contributed by atoms with E-state index in [1.54, 1.807) is 0 Å². The first kappa shape index (κ1) is 10.1. The number of rotatable bonds is 4. The van der Waals surface area contributed by atoms with Gasteiger partial charge in [0.2, 0.25) is 0 Å². The number of nitrogens with zero attached hydrogens (tertiary/aromatic N) is 1. The topological polar surface area (TPSA) is 29.4 Å². The van der Waals surface area contributed by atoms with Gasteiger partial charge in [0, 0.05) is 10.2 Å². The Bertz CT molecular complexity index is 263. The lowest BCUT2D eigenvalue weighted by Gasteiger charge is -2.15. The number of nitroso groups, excluding NO2 is 1. The smallest absolute Gasteiger partial charge is 0.0952 e. The van der Waals surface area contributed by atoms with Crippen LogP contribution >= 0.6 is 0 Å². The minimum absolute atomic E-state index is 0.0333. The zero-order valence-electron chi connectivity index (χ0n) is 8.10. The third-order valence-electron chi connectivity index (χ3n) is 2.46. The molecule has 0 heterocycles. The average molecular weight is 193 g/mol.